The van der Waals surface area contributed by atoms with Crippen LogP contribution in [0, 0.1) is 5.41 Å². The predicted molar refractivity (Wildman–Crippen MR) is 79.4 cm³/mol. The van der Waals surface area contributed by atoms with E-state index in [1.165, 1.54) is 5.56 Å². The lowest BCUT2D eigenvalue weighted by molar-refractivity contribution is -0.119. The third-order valence-corrected chi connectivity index (χ3v) is 3.77. The van der Waals surface area contributed by atoms with Gasteiger partial charge in [-0.15, -0.1) is 0 Å². The number of aryl methyl sites for hydroxylation is 1. The SMILES string of the molecule is CCc1ccccc1N1CC(C)(C)CNC(C)C1=O. The van der Waals surface area contributed by atoms with E-state index in [1.807, 2.05) is 24.0 Å². The van der Waals surface area contributed by atoms with Crippen LogP contribution in [0.15, 0.2) is 24.3 Å². The highest BCUT2D eigenvalue weighted by Crippen LogP contribution is 2.28. The van der Waals surface area contributed by atoms with E-state index in [0.717, 1.165) is 25.2 Å². The topological polar surface area (TPSA) is 32.3 Å². The molecule has 104 valence electrons. The van der Waals surface area contributed by atoms with Gasteiger partial charge in [-0.05, 0) is 30.4 Å². The second-order valence-corrected chi connectivity index (χ2v) is 6.17. The van der Waals surface area contributed by atoms with Gasteiger partial charge >= 0.3 is 0 Å². The number of amides is 1. The molecule has 1 atom stereocenters. The summed E-state index contributed by atoms with van der Waals surface area (Å²) >= 11 is 0. The summed E-state index contributed by atoms with van der Waals surface area (Å²) in [4.78, 5) is 14.5. The molecule has 1 aromatic carbocycles. The van der Waals surface area contributed by atoms with Crippen LogP contribution in [0.5, 0.6) is 0 Å². The number of carbonyl (C=O) groups is 1. The monoisotopic (exact) mass is 260 g/mol. The van der Waals surface area contributed by atoms with Crippen molar-refractivity contribution in [2.24, 2.45) is 5.41 Å². The highest BCUT2D eigenvalue weighted by molar-refractivity contribution is 5.98. The first-order valence-electron chi connectivity index (χ1n) is 7.07. The van der Waals surface area contributed by atoms with Gasteiger partial charge in [0.1, 0.15) is 0 Å². The van der Waals surface area contributed by atoms with Gasteiger partial charge in [-0.1, -0.05) is 39.0 Å². The first-order valence-corrected chi connectivity index (χ1v) is 7.07. The van der Waals surface area contributed by atoms with Crippen LogP contribution < -0.4 is 10.2 Å². The Balaban J connectivity index is 2.41. The largest absolute Gasteiger partial charge is 0.310 e. The van der Waals surface area contributed by atoms with Gasteiger partial charge in [-0.2, -0.15) is 0 Å². The maximum atomic E-state index is 12.6. The molecule has 1 aromatic rings. The summed E-state index contributed by atoms with van der Waals surface area (Å²) in [5.41, 5.74) is 2.39. The van der Waals surface area contributed by atoms with Gasteiger partial charge in [0.05, 0.1) is 6.04 Å². The fraction of sp³-hybridized carbons (Fsp3) is 0.562. The van der Waals surface area contributed by atoms with Crippen LogP contribution in [-0.4, -0.2) is 25.0 Å². The Morgan fingerprint density at radius 2 is 2.05 bits per heavy atom. The quantitative estimate of drug-likeness (QED) is 0.886. The highest BCUT2D eigenvalue weighted by Gasteiger charge is 2.33. The first kappa shape index (κ1) is 14.1. The Morgan fingerprint density at radius 1 is 1.37 bits per heavy atom. The van der Waals surface area contributed by atoms with Crippen molar-refractivity contribution in [1.82, 2.24) is 5.32 Å². The first-order chi connectivity index (χ1) is 8.94. The summed E-state index contributed by atoms with van der Waals surface area (Å²) in [6, 6.07) is 8.10. The van der Waals surface area contributed by atoms with Gasteiger partial charge in [-0.25, -0.2) is 0 Å². The van der Waals surface area contributed by atoms with E-state index < -0.39 is 0 Å². The number of anilines is 1. The summed E-state index contributed by atoms with van der Waals surface area (Å²) in [5, 5.41) is 3.33. The van der Waals surface area contributed by atoms with Crippen molar-refractivity contribution in [3.05, 3.63) is 29.8 Å². The second kappa shape index (κ2) is 5.33. The number of nitrogens with one attached hydrogen (secondary N) is 1. The summed E-state index contributed by atoms with van der Waals surface area (Å²) in [6.45, 7) is 10.1. The average Bonchev–Trinajstić information content (AvgIpc) is 2.50. The minimum Gasteiger partial charge on any atom is -0.310 e. The molecule has 1 unspecified atom stereocenters. The molecule has 0 bridgehead atoms. The van der Waals surface area contributed by atoms with Gasteiger partial charge in [0, 0.05) is 18.8 Å². The van der Waals surface area contributed by atoms with E-state index in [0.29, 0.717) is 0 Å². The third-order valence-electron chi connectivity index (χ3n) is 3.77. The molecule has 19 heavy (non-hydrogen) atoms. The Morgan fingerprint density at radius 3 is 2.74 bits per heavy atom. The van der Waals surface area contributed by atoms with Crippen LogP contribution >= 0.6 is 0 Å². The lowest BCUT2D eigenvalue weighted by Crippen LogP contribution is -2.42. The van der Waals surface area contributed by atoms with Crippen LogP contribution in [0.25, 0.3) is 0 Å². The number of nitrogens with zero attached hydrogens (tertiary/aromatic N) is 1. The van der Waals surface area contributed by atoms with Gasteiger partial charge in [0.15, 0.2) is 0 Å². The molecular weight excluding hydrogens is 236 g/mol. The normalized spacial score (nSPS) is 23.3. The van der Waals surface area contributed by atoms with E-state index in [4.69, 9.17) is 0 Å². The fourth-order valence-corrected chi connectivity index (χ4v) is 2.59. The molecule has 1 aliphatic heterocycles. The van der Waals surface area contributed by atoms with Crippen molar-refractivity contribution in [3.8, 4) is 0 Å². The fourth-order valence-electron chi connectivity index (χ4n) is 2.59. The maximum Gasteiger partial charge on any atom is 0.243 e. The van der Waals surface area contributed by atoms with Crippen LogP contribution in [-0.2, 0) is 11.2 Å². The van der Waals surface area contributed by atoms with E-state index in [-0.39, 0.29) is 17.4 Å². The smallest absolute Gasteiger partial charge is 0.243 e. The molecule has 1 N–H and O–H groups in total. The van der Waals surface area contributed by atoms with E-state index in [2.05, 4.69) is 38.2 Å². The minimum absolute atomic E-state index is 0.0846. The molecule has 1 amide bonds. The predicted octanol–water partition coefficient (Wildman–Crippen LogP) is 2.60. The van der Waals surface area contributed by atoms with Crippen LogP contribution in [0.3, 0.4) is 0 Å². The molecule has 0 saturated carbocycles. The van der Waals surface area contributed by atoms with Crippen LogP contribution in [0.1, 0.15) is 33.3 Å². The van der Waals surface area contributed by atoms with Crippen molar-refractivity contribution in [2.75, 3.05) is 18.0 Å². The molecule has 0 aromatic heterocycles. The molecule has 3 heteroatoms. The molecule has 0 aliphatic carbocycles. The number of hydrogen-bond donors (Lipinski definition) is 1. The van der Waals surface area contributed by atoms with Crippen molar-refractivity contribution in [3.63, 3.8) is 0 Å². The summed E-state index contributed by atoms with van der Waals surface area (Å²) in [5.74, 6) is 0.173. The second-order valence-electron chi connectivity index (χ2n) is 6.17. The Kier molecular flexibility index (Phi) is 3.95. The number of hydrogen-bond acceptors (Lipinski definition) is 2. The number of benzene rings is 1. The number of para-hydroxylation sites is 1. The minimum atomic E-state index is -0.119. The molecule has 1 heterocycles. The zero-order valence-electron chi connectivity index (χ0n) is 12.4. The lowest BCUT2D eigenvalue weighted by Gasteiger charge is -2.30. The van der Waals surface area contributed by atoms with Crippen molar-refractivity contribution in [2.45, 2.75) is 40.2 Å². The summed E-state index contributed by atoms with van der Waals surface area (Å²) in [6.07, 6.45) is 0.947. The summed E-state index contributed by atoms with van der Waals surface area (Å²) < 4.78 is 0. The standard InChI is InChI=1S/C16H24N2O/c1-5-13-8-6-7-9-14(13)18-11-16(3,4)10-17-12(2)15(18)19/h6-9,12,17H,5,10-11H2,1-4H3. The zero-order valence-corrected chi connectivity index (χ0v) is 12.4. The van der Waals surface area contributed by atoms with Crippen molar-refractivity contribution >= 4 is 11.6 Å². The maximum absolute atomic E-state index is 12.6. The highest BCUT2D eigenvalue weighted by atomic mass is 16.2. The van der Waals surface area contributed by atoms with Crippen LogP contribution in [0.4, 0.5) is 5.69 Å². The Labute approximate surface area is 116 Å². The average molecular weight is 260 g/mol. The number of rotatable bonds is 2. The molecule has 1 aliphatic rings. The molecule has 0 radical (unpaired) electrons. The molecule has 2 rings (SSSR count). The molecule has 3 nitrogen and oxygen atoms in total. The molecule has 0 spiro atoms. The zero-order chi connectivity index (χ0) is 14.0. The van der Waals surface area contributed by atoms with Crippen molar-refractivity contribution in [1.29, 1.82) is 0 Å². The van der Waals surface area contributed by atoms with E-state index in [9.17, 15) is 4.79 Å². The third kappa shape index (κ3) is 2.98. The number of carbonyl (C=O) groups excluding carboxylic acids is 1. The lowest BCUT2D eigenvalue weighted by atomic mass is 9.92. The van der Waals surface area contributed by atoms with Gasteiger partial charge in [-0.3, -0.25) is 4.79 Å². The van der Waals surface area contributed by atoms with E-state index in [1.54, 1.807) is 0 Å². The summed E-state index contributed by atoms with van der Waals surface area (Å²) in [7, 11) is 0. The van der Waals surface area contributed by atoms with Gasteiger partial charge in [0.25, 0.3) is 0 Å². The Bertz CT molecular complexity index is 468. The van der Waals surface area contributed by atoms with Gasteiger partial charge < -0.3 is 10.2 Å². The van der Waals surface area contributed by atoms with Crippen molar-refractivity contribution < 1.29 is 4.79 Å². The van der Waals surface area contributed by atoms with E-state index >= 15 is 0 Å². The Hall–Kier alpha value is -1.35. The van der Waals surface area contributed by atoms with Crippen LogP contribution in [0.2, 0.25) is 0 Å². The molecule has 1 fully saturated rings. The van der Waals surface area contributed by atoms with Gasteiger partial charge in [0.2, 0.25) is 5.91 Å². The molecular formula is C16H24N2O. The molecule has 1 saturated heterocycles.